The van der Waals surface area contributed by atoms with Crippen LogP contribution in [0.4, 0.5) is 0 Å². The van der Waals surface area contributed by atoms with Gasteiger partial charge in [0.2, 0.25) is 11.8 Å². The lowest BCUT2D eigenvalue weighted by atomic mass is 9.87. The zero-order valence-corrected chi connectivity index (χ0v) is 17.9. The van der Waals surface area contributed by atoms with Crippen molar-refractivity contribution in [3.05, 3.63) is 83.2 Å². The molecular weight excluding hydrogens is 390 g/mol. The zero-order chi connectivity index (χ0) is 22.2. The summed E-state index contributed by atoms with van der Waals surface area (Å²) < 4.78 is 6.66. The summed E-state index contributed by atoms with van der Waals surface area (Å²) in [4.78, 5) is 28.7. The molecule has 0 atom stereocenters. The number of carbonyl (C=O) groups is 2. The molecule has 0 amide bonds. The Labute approximate surface area is 180 Å². The van der Waals surface area contributed by atoms with Crippen molar-refractivity contribution in [2.24, 2.45) is 4.99 Å². The van der Waals surface area contributed by atoms with Gasteiger partial charge in [-0.2, -0.15) is 5.10 Å². The highest BCUT2D eigenvalue weighted by atomic mass is 16.6. The number of aromatic nitrogens is 2. The van der Waals surface area contributed by atoms with Crippen LogP contribution in [0.25, 0.3) is 17.3 Å². The highest BCUT2D eigenvalue weighted by Gasteiger charge is 2.26. The van der Waals surface area contributed by atoms with Crippen molar-refractivity contribution >= 4 is 23.9 Å². The summed E-state index contributed by atoms with van der Waals surface area (Å²) in [5.74, 6) is -0.500. The molecular formula is C25H23N3O3. The van der Waals surface area contributed by atoms with Crippen LogP contribution in [0.2, 0.25) is 0 Å². The quantitative estimate of drug-likeness (QED) is 0.454. The molecule has 2 aromatic carbocycles. The summed E-state index contributed by atoms with van der Waals surface area (Å²) >= 11 is 0. The summed E-state index contributed by atoms with van der Waals surface area (Å²) in [5, 5.41) is 4.38. The summed E-state index contributed by atoms with van der Waals surface area (Å²) in [5.41, 5.74) is 4.14. The normalized spacial score (nSPS) is 15.2. The number of hydrogen-bond donors (Lipinski definition) is 0. The van der Waals surface area contributed by atoms with Crippen molar-refractivity contribution < 1.29 is 14.3 Å². The average Bonchev–Trinajstić information content (AvgIpc) is 3.32. The first-order chi connectivity index (χ1) is 14.7. The molecule has 6 heteroatoms. The molecule has 0 unspecified atom stereocenters. The van der Waals surface area contributed by atoms with Gasteiger partial charge in [-0.25, -0.2) is 14.5 Å². The van der Waals surface area contributed by atoms with Crippen molar-refractivity contribution in [1.82, 2.24) is 9.78 Å². The molecule has 0 spiro atoms. The van der Waals surface area contributed by atoms with Gasteiger partial charge in [0.05, 0.1) is 0 Å². The van der Waals surface area contributed by atoms with Crippen LogP contribution in [-0.4, -0.2) is 27.6 Å². The van der Waals surface area contributed by atoms with Crippen LogP contribution < -0.4 is 0 Å². The molecule has 6 nitrogen and oxygen atoms in total. The lowest BCUT2D eigenvalue weighted by Gasteiger charge is -2.18. The van der Waals surface area contributed by atoms with Crippen molar-refractivity contribution in [2.45, 2.75) is 33.1 Å². The minimum Gasteiger partial charge on any atom is -0.402 e. The first-order valence-electron chi connectivity index (χ1n) is 10.0. The fourth-order valence-electron chi connectivity index (χ4n) is 3.27. The highest BCUT2D eigenvalue weighted by molar-refractivity contribution is 6.13. The molecule has 156 valence electrons. The van der Waals surface area contributed by atoms with Crippen LogP contribution in [0.1, 0.15) is 49.2 Å². The Morgan fingerprint density at radius 2 is 1.68 bits per heavy atom. The van der Waals surface area contributed by atoms with Crippen LogP contribution in [0.3, 0.4) is 0 Å². The predicted octanol–water partition coefficient (Wildman–Crippen LogP) is 4.85. The number of hydrogen-bond acceptors (Lipinski definition) is 5. The van der Waals surface area contributed by atoms with Crippen molar-refractivity contribution in [1.29, 1.82) is 0 Å². The van der Waals surface area contributed by atoms with Gasteiger partial charge in [0, 0.05) is 29.8 Å². The second-order valence-electron chi connectivity index (χ2n) is 8.43. The van der Waals surface area contributed by atoms with Gasteiger partial charge in [-0.1, -0.05) is 63.2 Å². The Morgan fingerprint density at radius 3 is 2.29 bits per heavy atom. The van der Waals surface area contributed by atoms with Crippen LogP contribution in [0.5, 0.6) is 0 Å². The van der Waals surface area contributed by atoms with Gasteiger partial charge in [0.15, 0.2) is 5.70 Å². The van der Waals surface area contributed by atoms with Gasteiger partial charge in [-0.3, -0.25) is 4.79 Å². The SMILES string of the molecule is CC(=O)n1cc(/C=C2\N=C(c3ccc(C(C)(C)C)cc3)OC2=O)c(-c2ccccc2)n1. The van der Waals surface area contributed by atoms with E-state index in [9.17, 15) is 9.59 Å². The number of aliphatic imine (C=N–C) groups is 1. The molecule has 1 aliphatic heterocycles. The Bertz CT molecular complexity index is 1210. The van der Waals surface area contributed by atoms with E-state index in [1.807, 2.05) is 54.6 Å². The molecule has 0 N–H and O–H groups in total. The molecule has 0 saturated heterocycles. The maximum absolute atomic E-state index is 12.5. The standard InChI is InChI=1S/C25H23N3O3/c1-16(29)28-15-19(22(27-28)17-8-6-5-7-9-17)14-21-24(30)31-23(26-21)18-10-12-20(13-11-18)25(2,3)4/h5-15H,1-4H3/b21-14-. The van der Waals surface area contributed by atoms with Crippen molar-refractivity contribution in [3.8, 4) is 11.3 Å². The van der Waals surface area contributed by atoms with Gasteiger partial charge < -0.3 is 4.74 Å². The fourth-order valence-corrected chi connectivity index (χ4v) is 3.27. The fraction of sp³-hybridized carbons (Fsp3) is 0.200. The number of nitrogens with zero attached hydrogens (tertiary/aromatic N) is 3. The smallest absolute Gasteiger partial charge is 0.363 e. The van der Waals surface area contributed by atoms with Crippen LogP contribution in [-0.2, 0) is 14.9 Å². The van der Waals surface area contributed by atoms with Crippen LogP contribution >= 0.6 is 0 Å². The summed E-state index contributed by atoms with van der Waals surface area (Å²) in [6, 6.07) is 17.3. The largest absolute Gasteiger partial charge is 0.402 e. The first kappa shape index (κ1) is 20.5. The lowest BCUT2D eigenvalue weighted by molar-refractivity contribution is -0.129. The van der Waals surface area contributed by atoms with Crippen molar-refractivity contribution in [2.75, 3.05) is 0 Å². The van der Waals surface area contributed by atoms with E-state index in [1.54, 1.807) is 12.3 Å². The second kappa shape index (κ2) is 7.80. The Morgan fingerprint density at radius 1 is 1.00 bits per heavy atom. The summed E-state index contributed by atoms with van der Waals surface area (Å²) in [6.07, 6.45) is 3.20. The molecule has 0 bridgehead atoms. The van der Waals surface area contributed by atoms with Gasteiger partial charge in [-0.05, 0) is 29.2 Å². The Balaban J connectivity index is 1.71. The molecule has 3 aromatic rings. The monoisotopic (exact) mass is 413 g/mol. The molecule has 1 aromatic heterocycles. The average molecular weight is 413 g/mol. The van der Waals surface area contributed by atoms with E-state index in [0.717, 1.165) is 11.1 Å². The molecule has 0 fully saturated rings. The van der Waals surface area contributed by atoms with Gasteiger partial charge in [0.1, 0.15) is 5.69 Å². The minimum atomic E-state index is -0.538. The zero-order valence-electron chi connectivity index (χ0n) is 17.9. The number of benzene rings is 2. The van der Waals surface area contributed by atoms with Crippen LogP contribution in [0.15, 0.2) is 71.5 Å². The third kappa shape index (κ3) is 4.23. The number of rotatable bonds is 3. The van der Waals surface area contributed by atoms with E-state index in [4.69, 9.17) is 4.74 Å². The molecule has 0 aliphatic carbocycles. The van der Waals surface area contributed by atoms with Gasteiger partial charge in [-0.15, -0.1) is 0 Å². The maximum Gasteiger partial charge on any atom is 0.363 e. The maximum atomic E-state index is 12.5. The first-order valence-corrected chi connectivity index (χ1v) is 10.0. The Kier molecular flexibility index (Phi) is 5.15. The minimum absolute atomic E-state index is 0.0302. The lowest BCUT2D eigenvalue weighted by Crippen LogP contribution is -2.11. The second-order valence-corrected chi connectivity index (χ2v) is 8.43. The van der Waals surface area contributed by atoms with Crippen LogP contribution in [0, 0.1) is 0 Å². The van der Waals surface area contributed by atoms with Gasteiger partial charge in [0.25, 0.3) is 0 Å². The van der Waals surface area contributed by atoms with E-state index >= 15 is 0 Å². The predicted molar refractivity (Wildman–Crippen MR) is 120 cm³/mol. The molecule has 2 heterocycles. The summed E-state index contributed by atoms with van der Waals surface area (Å²) in [7, 11) is 0. The third-order valence-corrected chi connectivity index (χ3v) is 5.02. The number of carbonyl (C=O) groups excluding carboxylic acids is 2. The van der Waals surface area contributed by atoms with E-state index in [1.165, 1.54) is 17.2 Å². The Hall–Kier alpha value is -3.80. The van der Waals surface area contributed by atoms with E-state index in [0.29, 0.717) is 11.3 Å². The van der Waals surface area contributed by atoms with E-state index in [2.05, 4.69) is 30.9 Å². The molecule has 31 heavy (non-hydrogen) atoms. The number of esters is 1. The van der Waals surface area contributed by atoms with E-state index in [-0.39, 0.29) is 22.9 Å². The molecule has 0 radical (unpaired) electrons. The molecule has 1 aliphatic rings. The van der Waals surface area contributed by atoms with E-state index < -0.39 is 5.97 Å². The highest BCUT2D eigenvalue weighted by Crippen LogP contribution is 2.27. The molecule has 4 rings (SSSR count). The number of ether oxygens (including phenoxy) is 1. The third-order valence-electron chi connectivity index (χ3n) is 5.02. The number of cyclic esters (lactones) is 1. The van der Waals surface area contributed by atoms with Crippen molar-refractivity contribution in [3.63, 3.8) is 0 Å². The molecule has 0 saturated carbocycles. The topological polar surface area (TPSA) is 73.6 Å². The van der Waals surface area contributed by atoms with Gasteiger partial charge >= 0.3 is 5.97 Å². The summed E-state index contributed by atoms with van der Waals surface area (Å²) in [6.45, 7) is 7.85.